The highest BCUT2D eigenvalue weighted by atomic mass is 16.2. The Morgan fingerprint density at radius 3 is 2.73 bits per heavy atom. The number of anilines is 3. The van der Waals surface area contributed by atoms with Gasteiger partial charge in [-0.15, -0.1) is 0 Å². The van der Waals surface area contributed by atoms with Crippen molar-refractivity contribution in [2.75, 3.05) is 48.3 Å². The molecule has 5 rings (SSSR count). The van der Waals surface area contributed by atoms with Gasteiger partial charge in [-0.3, -0.25) is 10.1 Å². The summed E-state index contributed by atoms with van der Waals surface area (Å²) < 4.78 is 1.69. The van der Waals surface area contributed by atoms with Crippen molar-refractivity contribution in [3.05, 3.63) is 41.7 Å². The molecule has 33 heavy (non-hydrogen) atoms. The first-order chi connectivity index (χ1) is 16.1. The third-order valence-corrected chi connectivity index (χ3v) is 5.88. The molecule has 3 N–H and O–H groups in total. The summed E-state index contributed by atoms with van der Waals surface area (Å²) in [4.78, 5) is 37.0. The number of nitrogens with one attached hydrogen (secondary N) is 3. The molecule has 0 saturated carbocycles. The molecule has 0 bridgehead atoms. The summed E-state index contributed by atoms with van der Waals surface area (Å²) in [5, 5.41) is 21.8. The zero-order valence-corrected chi connectivity index (χ0v) is 17.9. The molecule has 1 unspecified atom stereocenters. The minimum Gasteiger partial charge on any atom is -0.373 e. The lowest BCUT2D eigenvalue weighted by molar-refractivity contribution is -0.120. The number of amides is 3. The van der Waals surface area contributed by atoms with E-state index in [1.165, 1.54) is 0 Å². The predicted octanol–water partition coefficient (Wildman–Crippen LogP) is 0.115. The number of carbonyl (C=O) groups excluding carboxylic acids is 2. The highest BCUT2D eigenvalue weighted by molar-refractivity contribution is 6.04. The summed E-state index contributed by atoms with van der Waals surface area (Å²) in [6.07, 6.45) is 3.67. The van der Waals surface area contributed by atoms with E-state index in [1.807, 2.05) is 13.1 Å². The molecule has 12 nitrogen and oxygen atoms in total. The van der Waals surface area contributed by atoms with Crippen molar-refractivity contribution in [2.24, 2.45) is 0 Å². The Hall–Kier alpha value is -4.40. The number of nitrogens with zero attached hydrogens (tertiary/aromatic N) is 7. The minimum atomic E-state index is -0.648. The summed E-state index contributed by atoms with van der Waals surface area (Å²) in [7, 11) is 1.81. The average Bonchev–Trinajstić information content (AvgIpc) is 3.40. The van der Waals surface area contributed by atoms with Gasteiger partial charge in [0.05, 0.1) is 11.8 Å². The van der Waals surface area contributed by atoms with Crippen molar-refractivity contribution in [2.45, 2.75) is 12.5 Å². The summed E-state index contributed by atoms with van der Waals surface area (Å²) in [5.41, 5.74) is 1.96. The molecule has 3 aromatic rings. The molecule has 0 aromatic carbocycles. The molecule has 168 valence electrons. The zero-order valence-electron chi connectivity index (χ0n) is 17.9. The van der Waals surface area contributed by atoms with Crippen LogP contribution < -0.4 is 25.8 Å². The van der Waals surface area contributed by atoms with Crippen LogP contribution in [0, 0.1) is 11.3 Å². The molecule has 12 heteroatoms. The molecule has 2 aliphatic rings. The van der Waals surface area contributed by atoms with Crippen LogP contribution in [0.1, 0.15) is 11.1 Å². The summed E-state index contributed by atoms with van der Waals surface area (Å²) in [6.45, 7) is 2.82. The van der Waals surface area contributed by atoms with E-state index in [4.69, 9.17) is 4.98 Å². The van der Waals surface area contributed by atoms with E-state index in [0.29, 0.717) is 49.6 Å². The maximum atomic E-state index is 12.0. The number of imide groups is 1. The van der Waals surface area contributed by atoms with E-state index in [2.05, 4.69) is 41.9 Å². The largest absolute Gasteiger partial charge is 0.373 e. The van der Waals surface area contributed by atoms with Gasteiger partial charge in [0.15, 0.2) is 5.65 Å². The normalized spacial score (nSPS) is 18.2. The van der Waals surface area contributed by atoms with Crippen molar-refractivity contribution in [3.63, 3.8) is 0 Å². The maximum absolute atomic E-state index is 12.0. The van der Waals surface area contributed by atoms with Gasteiger partial charge in [-0.05, 0) is 12.1 Å². The summed E-state index contributed by atoms with van der Waals surface area (Å²) in [5.74, 6) is 1.90. The fraction of sp³-hybridized carbons (Fsp3) is 0.333. The Balaban J connectivity index is 1.39. The quantitative estimate of drug-likeness (QED) is 0.465. The molecule has 2 saturated heterocycles. The van der Waals surface area contributed by atoms with Gasteiger partial charge < -0.3 is 20.4 Å². The first kappa shape index (κ1) is 20.5. The lowest BCUT2D eigenvalue weighted by Crippen LogP contribution is -2.47. The fourth-order valence-corrected chi connectivity index (χ4v) is 4.19. The van der Waals surface area contributed by atoms with E-state index < -0.39 is 12.1 Å². The van der Waals surface area contributed by atoms with Crippen molar-refractivity contribution >= 4 is 35.0 Å². The average molecular weight is 446 g/mol. The van der Waals surface area contributed by atoms with Gasteiger partial charge in [0.2, 0.25) is 0 Å². The second kappa shape index (κ2) is 8.27. The van der Waals surface area contributed by atoms with Gasteiger partial charge in [0.1, 0.15) is 29.6 Å². The monoisotopic (exact) mass is 446 g/mol. The van der Waals surface area contributed by atoms with Crippen molar-refractivity contribution in [1.29, 1.82) is 5.26 Å². The van der Waals surface area contributed by atoms with Crippen LogP contribution in [0.5, 0.6) is 0 Å². The lowest BCUT2D eigenvalue weighted by Gasteiger charge is -2.36. The molecule has 0 aliphatic carbocycles. The number of hydrogen-bond acceptors (Lipinski definition) is 9. The lowest BCUT2D eigenvalue weighted by atomic mass is 10.1. The first-order valence-electron chi connectivity index (χ1n) is 10.6. The van der Waals surface area contributed by atoms with Crippen LogP contribution in [0.2, 0.25) is 0 Å². The van der Waals surface area contributed by atoms with Crippen LogP contribution in [0.15, 0.2) is 30.6 Å². The number of hydrogen-bond donors (Lipinski definition) is 3. The van der Waals surface area contributed by atoms with Gasteiger partial charge in [-0.2, -0.15) is 14.9 Å². The van der Waals surface area contributed by atoms with E-state index in [1.54, 1.807) is 29.0 Å². The maximum Gasteiger partial charge on any atom is 0.322 e. The molecule has 2 fully saturated rings. The number of urea groups is 1. The fourth-order valence-electron chi connectivity index (χ4n) is 4.19. The van der Waals surface area contributed by atoms with Gasteiger partial charge in [0, 0.05) is 57.5 Å². The highest BCUT2D eigenvalue weighted by Gasteiger charge is 2.31. The van der Waals surface area contributed by atoms with Crippen LogP contribution >= 0.6 is 0 Å². The number of piperazine rings is 1. The van der Waals surface area contributed by atoms with Gasteiger partial charge in [0.25, 0.3) is 5.91 Å². The minimum absolute atomic E-state index is 0.297. The summed E-state index contributed by atoms with van der Waals surface area (Å²) >= 11 is 0. The Kier molecular flexibility index (Phi) is 5.14. The van der Waals surface area contributed by atoms with E-state index in [-0.39, 0.29) is 5.91 Å². The Bertz CT molecular complexity index is 1270. The molecular formula is C21H22N10O2. The Morgan fingerprint density at radius 2 is 2.03 bits per heavy atom. The second-order valence-electron chi connectivity index (χ2n) is 7.83. The van der Waals surface area contributed by atoms with Crippen LogP contribution in [-0.2, 0) is 11.2 Å². The second-order valence-corrected chi connectivity index (χ2v) is 7.83. The van der Waals surface area contributed by atoms with E-state index in [0.717, 1.165) is 17.2 Å². The van der Waals surface area contributed by atoms with E-state index >= 15 is 0 Å². The van der Waals surface area contributed by atoms with Gasteiger partial charge in [-0.25, -0.2) is 14.8 Å². The standard InChI is InChI=1S/C21H22N10O2/c1-23-16-10-17(29-5-7-30(8-6-29)18-13(11-22)3-2-4-24-18)27-19-14(12-25-31(16)19)9-15-20(32)28-21(33)26-15/h2-4,10,12,15,23H,5-9H2,1H3,(H2,26,28,32,33). The number of aromatic nitrogens is 4. The van der Waals surface area contributed by atoms with Crippen LogP contribution in [0.25, 0.3) is 5.65 Å². The molecule has 0 spiro atoms. The molecule has 1 atom stereocenters. The topological polar surface area (TPSA) is 144 Å². The van der Waals surface area contributed by atoms with Crippen molar-refractivity contribution in [1.82, 2.24) is 30.2 Å². The molecule has 0 radical (unpaired) electrons. The predicted molar refractivity (Wildman–Crippen MR) is 120 cm³/mol. The molecular weight excluding hydrogens is 424 g/mol. The van der Waals surface area contributed by atoms with Gasteiger partial charge >= 0.3 is 6.03 Å². The van der Waals surface area contributed by atoms with Crippen LogP contribution in [0.4, 0.5) is 22.2 Å². The smallest absolute Gasteiger partial charge is 0.322 e. The zero-order chi connectivity index (χ0) is 22.9. The van der Waals surface area contributed by atoms with Crippen LogP contribution in [-0.4, -0.2) is 70.8 Å². The molecule has 3 aromatic heterocycles. The van der Waals surface area contributed by atoms with Crippen molar-refractivity contribution in [3.8, 4) is 6.07 Å². The van der Waals surface area contributed by atoms with Crippen molar-refractivity contribution < 1.29 is 9.59 Å². The SMILES string of the molecule is CNc1cc(N2CCN(c3ncccc3C#N)CC2)nc2c(CC3NC(=O)NC3=O)cnn12. The van der Waals surface area contributed by atoms with Gasteiger partial charge in [-0.1, -0.05) is 0 Å². The number of carbonyl (C=O) groups is 2. The highest BCUT2D eigenvalue weighted by Crippen LogP contribution is 2.25. The Morgan fingerprint density at radius 1 is 1.24 bits per heavy atom. The number of rotatable bonds is 5. The third-order valence-electron chi connectivity index (χ3n) is 5.88. The first-order valence-corrected chi connectivity index (χ1v) is 10.6. The molecule has 2 aliphatic heterocycles. The summed E-state index contributed by atoms with van der Waals surface area (Å²) in [6, 6.07) is 6.54. The molecule has 3 amide bonds. The van der Waals surface area contributed by atoms with E-state index in [9.17, 15) is 14.9 Å². The Labute approximate surface area is 189 Å². The molecule has 5 heterocycles. The number of fused-ring (bicyclic) bond motifs is 1. The number of nitriles is 1. The third kappa shape index (κ3) is 3.73. The van der Waals surface area contributed by atoms with Crippen LogP contribution in [0.3, 0.4) is 0 Å². The number of pyridine rings is 1.